The number of likely N-dealkylation sites (tertiary alicyclic amines) is 1. The van der Waals surface area contributed by atoms with Crippen molar-refractivity contribution in [2.24, 2.45) is 0 Å². The topological polar surface area (TPSA) is 40.5 Å². The fraction of sp³-hybridized carbons (Fsp3) is 0.417. The number of aliphatic hydroxyl groups is 1. The van der Waals surface area contributed by atoms with E-state index in [2.05, 4.69) is 15.9 Å². The van der Waals surface area contributed by atoms with Gasteiger partial charge in [0.2, 0.25) is 0 Å². The van der Waals surface area contributed by atoms with Gasteiger partial charge >= 0.3 is 0 Å². The zero-order chi connectivity index (χ0) is 12.4. The highest BCUT2D eigenvalue weighted by atomic mass is 79.9. The van der Waals surface area contributed by atoms with Crippen LogP contribution in [0.25, 0.3) is 0 Å². The van der Waals surface area contributed by atoms with Crippen LogP contribution in [-0.2, 0) is 0 Å². The largest absolute Gasteiger partial charge is 0.394 e. The summed E-state index contributed by atoms with van der Waals surface area (Å²) in [5.74, 6) is -0.0593. The number of halogens is 2. The molecule has 0 aromatic heterocycles. The van der Waals surface area contributed by atoms with Crippen molar-refractivity contribution in [1.29, 1.82) is 0 Å². The van der Waals surface area contributed by atoms with Crippen LogP contribution in [0.1, 0.15) is 23.2 Å². The number of carbonyl (C=O) groups excluding carboxylic acids is 1. The number of carbonyl (C=O) groups is 1. The minimum absolute atomic E-state index is 0.0238. The number of benzene rings is 1. The molecule has 1 aromatic rings. The van der Waals surface area contributed by atoms with Gasteiger partial charge in [0, 0.05) is 16.6 Å². The second kappa shape index (κ2) is 5.38. The lowest BCUT2D eigenvalue weighted by Crippen LogP contribution is -2.37. The van der Waals surface area contributed by atoms with Crippen molar-refractivity contribution in [1.82, 2.24) is 4.90 Å². The Morgan fingerprint density at radius 2 is 2.35 bits per heavy atom. The molecule has 1 amide bonds. The molecule has 1 aliphatic rings. The summed E-state index contributed by atoms with van der Waals surface area (Å²) in [6, 6.07) is 5.11. The highest BCUT2D eigenvalue weighted by Gasteiger charge is 2.28. The van der Waals surface area contributed by atoms with Gasteiger partial charge in [0.05, 0.1) is 17.7 Å². The van der Waals surface area contributed by atoms with E-state index in [0.29, 0.717) is 17.1 Å². The van der Waals surface area contributed by atoms with E-state index in [-0.39, 0.29) is 18.6 Å². The second-order valence-corrected chi connectivity index (χ2v) is 5.37. The van der Waals surface area contributed by atoms with E-state index in [9.17, 15) is 9.90 Å². The van der Waals surface area contributed by atoms with E-state index in [1.165, 1.54) is 0 Å². The molecule has 1 fully saturated rings. The van der Waals surface area contributed by atoms with Crippen molar-refractivity contribution in [3.63, 3.8) is 0 Å². The number of aliphatic hydroxyl groups excluding tert-OH is 1. The molecule has 5 heteroatoms. The first-order valence-corrected chi connectivity index (χ1v) is 6.67. The Hall–Kier alpha value is -0.580. The molecule has 0 bridgehead atoms. The average Bonchev–Trinajstić information content (AvgIpc) is 2.80. The van der Waals surface area contributed by atoms with Crippen LogP contribution in [0.2, 0.25) is 5.02 Å². The standard InChI is InChI=1S/C12H13BrClNO2/c13-10-4-3-8(6-11(10)14)12(17)15-5-1-2-9(15)7-16/h3-4,6,9,16H,1-2,5,7H2/t9-/m0/s1. The van der Waals surface area contributed by atoms with Crippen molar-refractivity contribution in [3.8, 4) is 0 Å². The van der Waals surface area contributed by atoms with Crippen LogP contribution in [0.15, 0.2) is 22.7 Å². The molecule has 92 valence electrons. The Morgan fingerprint density at radius 1 is 1.59 bits per heavy atom. The van der Waals surface area contributed by atoms with Gasteiger partial charge in [-0.15, -0.1) is 0 Å². The molecule has 2 rings (SSSR count). The minimum Gasteiger partial charge on any atom is -0.394 e. The van der Waals surface area contributed by atoms with E-state index >= 15 is 0 Å². The fourth-order valence-electron chi connectivity index (χ4n) is 2.09. The lowest BCUT2D eigenvalue weighted by molar-refractivity contribution is 0.0677. The second-order valence-electron chi connectivity index (χ2n) is 4.11. The van der Waals surface area contributed by atoms with Crippen molar-refractivity contribution in [2.45, 2.75) is 18.9 Å². The molecule has 1 heterocycles. The summed E-state index contributed by atoms with van der Waals surface area (Å²) in [7, 11) is 0. The number of amides is 1. The van der Waals surface area contributed by atoms with Crippen LogP contribution in [0, 0.1) is 0 Å². The van der Waals surface area contributed by atoms with Gasteiger partial charge < -0.3 is 10.0 Å². The summed E-state index contributed by atoms with van der Waals surface area (Å²) in [5, 5.41) is 9.73. The van der Waals surface area contributed by atoms with Crippen LogP contribution in [0.3, 0.4) is 0 Å². The van der Waals surface area contributed by atoms with Crippen molar-refractivity contribution >= 4 is 33.4 Å². The molecular formula is C12H13BrClNO2. The molecule has 1 aliphatic heterocycles. The van der Waals surface area contributed by atoms with Crippen LogP contribution in [-0.4, -0.2) is 35.1 Å². The van der Waals surface area contributed by atoms with Crippen LogP contribution in [0.5, 0.6) is 0 Å². The molecule has 1 N–H and O–H groups in total. The summed E-state index contributed by atoms with van der Waals surface area (Å²) >= 11 is 9.26. The SMILES string of the molecule is O=C(c1ccc(Br)c(Cl)c1)N1CCC[C@H]1CO. The average molecular weight is 319 g/mol. The van der Waals surface area contributed by atoms with Crippen molar-refractivity contribution < 1.29 is 9.90 Å². The minimum atomic E-state index is -0.0593. The Bertz CT molecular complexity index is 439. The lowest BCUT2D eigenvalue weighted by Gasteiger charge is -2.23. The molecular weight excluding hydrogens is 305 g/mol. The smallest absolute Gasteiger partial charge is 0.254 e. The van der Waals surface area contributed by atoms with Gasteiger partial charge in [0.25, 0.3) is 5.91 Å². The van der Waals surface area contributed by atoms with E-state index in [1.807, 2.05) is 0 Å². The first kappa shape index (κ1) is 12.9. The predicted octanol–water partition coefficient (Wildman–Crippen LogP) is 2.70. The Kier molecular flexibility index (Phi) is 4.07. The van der Waals surface area contributed by atoms with Crippen LogP contribution < -0.4 is 0 Å². The third kappa shape index (κ3) is 2.64. The normalized spacial score (nSPS) is 19.7. The van der Waals surface area contributed by atoms with Gasteiger partial charge in [-0.05, 0) is 47.0 Å². The molecule has 3 nitrogen and oxygen atoms in total. The summed E-state index contributed by atoms with van der Waals surface area (Å²) in [4.78, 5) is 13.9. The van der Waals surface area contributed by atoms with E-state index in [4.69, 9.17) is 11.6 Å². The van der Waals surface area contributed by atoms with Gasteiger partial charge in [0.1, 0.15) is 0 Å². The third-order valence-corrected chi connectivity index (χ3v) is 4.25. The van der Waals surface area contributed by atoms with Crippen molar-refractivity contribution in [2.75, 3.05) is 13.2 Å². The molecule has 0 saturated carbocycles. The first-order valence-electron chi connectivity index (χ1n) is 5.50. The van der Waals surface area contributed by atoms with Gasteiger partial charge in [-0.3, -0.25) is 4.79 Å². The summed E-state index contributed by atoms with van der Waals surface area (Å²) < 4.78 is 0.774. The Morgan fingerprint density at radius 3 is 3.00 bits per heavy atom. The maximum Gasteiger partial charge on any atom is 0.254 e. The number of nitrogens with zero attached hydrogens (tertiary/aromatic N) is 1. The van der Waals surface area contributed by atoms with Crippen LogP contribution >= 0.6 is 27.5 Å². The number of hydrogen-bond acceptors (Lipinski definition) is 2. The van der Waals surface area contributed by atoms with Crippen LogP contribution in [0.4, 0.5) is 0 Å². The summed E-state index contributed by atoms with van der Waals surface area (Å²) in [6.07, 6.45) is 1.81. The third-order valence-electron chi connectivity index (χ3n) is 3.02. The number of hydrogen-bond donors (Lipinski definition) is 1. The lowest BCUT2D eigenvalue weighted by atomic mass is 10.2. The Labute approximate surface area is 114 Å². The maximum atomic E-state index is 12.2. The first-order chi connectivity index (χ1) is 8.13. The van der Waals surface area contributed by atoms with Gasteiger partial charge in [0.15, 0.2) is 0 Å². The predicted molar refractivity (Wildman–Crippen MR) is 70.3 cm³/mol. The molecule has 1 saturated heterocycles. The maximum absolute atomic E-state index is 12.2. The van der Waals surface area contributed by atoms with Gasteiger partial charge in [-0.1, -0.05) is 11.6 Å². The molecule has 1 atom stereocenters. The summed E-state index contributed by atoms with van der Waals surface area (Å²) in [5.41, 5.74) is 0.568. The van der Waals surface area contributed by atoms with Crippen molar-refractivity contribution in [3.05, 3.63) is 33.3 Å². The van der Waals surface area contributed by atoms with Gasteiger partial charge in [-0.2, -0.15) is 0 Å². The van der Waals surface area contributed by atoms with Gasteiger partial charge in [-0.25, -0.2) is 0 Å². The fourth-order valence-corrected chi connectivity index (χ4v) is 2.52. The molecule has 0 radical (unpaired) electrons. The molecule has 0 spiro atoms. The molecule has 17 heavy (non-hydrogen) atoms. The zero-order valence-electron chi connectivity index (χ0n) is 9.20. The highest BCUT2D eigenvalue weighted by Crippen LogP contribution is 2.25. The van der Waals surface area contributed by atoms with E-state index in [0.717, 1.165) is 17.3 Å². The Balaban J connectivity index is 2.21. The number of rotatable bonds is 2. The highest BCUT2D eigenvalue weighted by molar-refractivity contribution is 9.10. The molecule has 0 aliphatic carbocycles. The molecule has 0 unspecified atom stereocenters. The quantitative estimate of drug-likeness (QED) is 0.911. The summed E-state index contributed by atoms with van der Waals surface area (Å²) in [6.45, 7) is 0.730. The monoisotopic (exact) mass is 317 g/mol. The zero-order valence-corrected chi connectivity index (χ0v) is 11.5. The van der Waals surface area contributed by atoms with E-state index in [1.54, 1.807) is 23.1 Å². The molecule has 1 aromatic carbocycles. The van der Waals surface area contributed by atoms with E-state index < -0.39 is 0 Å².